The number of phosphoric acid groups is 1. The molecule has 0 bridgehead atoms. The molecule has 2 unspecified atom stereocenters. The maximum Gasteiger partial charge on any atom is 0.306 e. The van der Waals surface area contributed by atoms with Gasteiger partial charge >= 0.3 is 11.9 Å². The van der Waals surface area contributed by atoms with Crippen molar-refractivity contribution in [3.05, 3.63) is 24.3 Å². The molecule has 0 radical (unpaired) electrons. The van der Waals surface area contributed by atoms with Crippen LogP contribution in [0.25, 0.3) is 0 Å². The number of carbonyl (C=O) groups is 2. The average molecular weight is 730 g/mol. The SMILES string of the molecule is CCCCCC/C=C\C/C=C\CCCCCCCCCC(=O)OC(COC(=O)CCCCCCCCCC)COP(=O)([O-])OCC[N+](C)(C)C. The van der Waals surface area contributed by atoms with Crippen molar-refractivity contribution in [3.63, 3.8) is 0 Å². The van der Waals surface area contributed by atoms with Crippen LogP contribution >= 0.6 is 7.82 Å². The molecule has 2 atom stereocenters. The van der Waals surface area contributed by atoms with Crippen LogP contribution < -0.4 is 4.89 Å². The first kappa shape index (κ1) is 48.5. The van der Waals surface area contributed by atoms with Crippen molar-refractivity contribution in [3.8, 4) is 0 Å². The molecule has 0 heterocycles. The molecule has 0 fully saturated rings. The van der Waals surface area contributed by atoms with Crippen molar-refractivity contribution in [1.29, 1.82) is 0 Å². The van der Waals surface area contributed by atoms with Crippen molar-refractivity contribution in [2.75, 3.05) is 47.5 Å². The maximum atomic E-state index is 12.6. The monoisotopic (exact) mass is 730 g/mol. The highest BCUT2D eigenvalue weighted by atomic mass is 31.2. The third kappa shape index (κ3) is 36.3. The summed E-state index contributed by atoms with van der Waals surface area (Å²) in [4.78, 5) is 37.3. The number of likely N-dealkylation sites (N-methyl/N-ethyl adjacent to an activating group) is 1. The lowest BCUT2D eigenvalue weighted by atomic mass is 10.1. The molecule has 10 heteroatoms. The summed E-state index contributed by atoms with van der Waals surface area (Å²) in [6.07, 6.45) is 33.5. The molecule has 50 heavy (non-hydrogen) atoms. The summed E-state index contributed by atoms with van der Waals surface area (Å²) in [7, 11) is 1.16. The number of hydrogen-bond donors (Lipinski definition) is 0. The molecule has 0 rings (SSSR count). The molecule has 9 nitrogen and oxygen atoms in total. The van der Waals surface area contributed by atoms with Crippen molar-refractivity contribution in [2.24, 2.45) is 0 Å². The number of quaternary nitrogens is 1. The molecular weight excluding hydrogens is 653 g/mol. The zero-order chi connectivity index (χ0) is 37.2. The van der Waals surface area contributed by atoms with Gasteiger partial charge in [-0.1, -0.05) is 134 Å². The van der Waals surface area contributed by atoms with Crippen molar-refractivity contribution in [2.45, 2.75) is 174 Å². The number of nitrogens with zero attached hydrogens (tertiary/aromatic N) is 1. The third-order valence-electron chi connectivity index (χ3n) is 8.47. The van der Waals surface area contributed by atoms with Gasteiger partial charge in [-0.15, -0.1) is 0 Å². The Labute approximate surface area is 307 Å². The van der Waals surface area contributed by atoms with E-state index in [-0.39, 0.29) is 26.1 Å². The summed E-state index contributed by atoms with van der Waals surface area (Å²) in [5.41, 5.74) is 0. The minimum Gasteiger partial charge on any atom is -0.756 e. The maximum absolute atomic E-state index is 12.6. The second-order valence-corrected chi connectivity index (χ2v) is 16.1. The average Bonchev–Trinajstić information content (AvgIpc) is 3.06. The van der Waals surface area contributed by atoms with Crippen LogP contribution in [-0.2, 0) is 32.7 Å². The normalized spacial score (nSPS) is 14.0. The van der Waals surface area contributed by atoms with E-state index in [9.17, 15) is 19.0 Å². The minimum absolute atomic E-state index is 0.0312. The van der Waals surface area contributed by atoms with Gasteiger partial charge in [0.1, 0.15) is 19.8 Å². The molecule has 0 aliphatic carbocycles. The molecule has 294 valence electrons. The van der Waals surface area contributed by atoms with Gasteiger partial charge in [0, 0.05) is 12.8 Å². The van der Waals surface area contributed by atoms with Crippen LogP contribution in [0.15, 0.2) is 24.3 Å². The molecule has 0 aromatic carbocycles. The first-order valence-corrected chi connectivity index (χ1v) is 21.5. The lowest BCUT2D eigenvalue weighted by molar-refractivity contribution is -0.870. The van der Waals surface area contributed by atoms with Crippen LogP contribution in [-0.4, -0.2) is 70.0 Å². The highest BCUT2D eigenvalue weighted by Crippen LogP contribution is 2.38. The number of rotatable bonds is 36. The van der Waals surface area contributed by atoms with Gasteiger partial charge in [0.15, 0.2) is 6.10 Å². The minimum atomic E-state index is -4.61. The number of phosphoric ester groups is 1. The number of ether oxygens (including phenoxy) is 2. The van der Waals surface area contributed by atoms with Gasteiger partial charge < -0.3 is 27.9 Å². The van der Waals surface area contributed by atoms with Gasteiger partial charge in [-0.05, 0) is 44.9 Å². The summed E-state index contributed by atoms with van der Waals surface area (Å²) >= 11 is 0. The lowest BCUT2D eigenvalue weighted by Gasteiger charge is -2.28. The standard InChI is InChI=1S/C40H76NO8P/c1-6-8-10-12-14-16-17-18-19-20-21-22-23-24-25-27-29-31-33-40(43)49-38(37-48-50(44,45)47-35-34-41(3,4)5)36-46-39(42)32-30-28-26-15-13-11-9-7-2/h16-17,19-20,38H,6-15,18,21-37H2,1-5H3/b17-16-,20-19-. The van der Waals surface area contributed by atoms with Gasteiger partial charge in [0.2, 0.25) is 0 Å². The molecule has 0 amide bonds. The Morgan fingerprint density at radius 3 is 1.60 bits per heavy atom. The second kappa shape index (κ2) is 33.3. The van der Waals surface area contributed by atoms with Crippen LogP contribution in [0.3, 0.4) is 0 Å². The van der Waals surface area contributed by atoms with E-state index in [1.165, 1.54) is 83.5 Å². The van der Waals surface area contributed by atoms with E-state index < -0.39 is 32.5 Å². The number of carbonyl (C=O) groups excluding carboxylic acids is 2. The Bertz CT molecular complexity index is 918. The fourth-order valence-electron chi connectivity index (χ4n) is 5.27. The molecule has 0 aromatic heterocycles. The van der Waals surface area contributed by atoms with E-state index >= 15 is 0 Å². The molecule has 0 spiro atoms. The Morgan fingerprint density at radius 2 is 1.08 bits per heavy atom. The van der Waals surface area contributed by atoms with E-state index in [1.54, 1.807) is 0 Å². The quantitative estimate of drug-likeness (QED) is 0.0206. The summed E-state index contributed by atoms with van der Waals surface area (Å²) in [6.45, 7) is 4.16. The molecular formula is C40H76NO8P. The Hall–Kier alpha value is -1.51. The van der Waals surface area contributed by atoms with Gasteiger partial charge in [-0.3, -0.25) is 14.2 Å². The zero-order valence-electron chi connectivity index (χ0n) is 32.8. The highest BCUT2D eigenvalue weighted by Gasteiger charge is 2.21. The predicted molar refractivity (Wildman–Crippen MR) is 204 cm³/mol. The zero-order valence-corrected chi connectivity index (χ0v) is 33.7. The topological polar surface area (TPSA) is 111 Å². The summed E-state index contributed by atoms with van der Waals surface area (Å²) in [5.74, 6) is -0.847. The summed E-state index contributed by atoms with van der Waals surface area (Å²) in [6, 6.07) is 0. The van der Waals surface area contributed by atoms with E-state index in [2.05, 4.69) is 38.2 Å². The fraction of sp³-hybridized carbons (Fsp3) is 0.850. The second-order valence-electron chi connectivity index (χ2n) is 14.7. The summed E-state index contributed by atoms with van der Waals surface area (Å²) in [5, 5.41) is 0. The number of allylic oxidation sites excluding steroid dienone is 4. The smallest absolute Gasteiger partial charge is 0.306 e. The van der Waals surface area contributed by atoms with E-state index in [1.807, 2.05) is 21.1 Å². The van der Waals surface area contributed by atoms with E-state index in [4.69, 9.17) is 18.5 Å². The first-order valence-electron chi connectivity index (χ1n) is 20.0. The lowest BCUT2D eigenvalue weighted by Crippen LogP contribution is -2.37. The fourth-order valence-corrected chi connectivity index (χ4v) is 6.00. The molecule has 0 saturated carbocycles. The van der Waals surface area contributed by atoms with Crippen LogP contribution in [0.1, 0.15) is 168 Å². The number of unbranched alkanes of at least 4 members (excludes halogenated alkanes) is 18. The Morgan fingerprint density at radius 1 is 0.620 bits per heavy atom. The first-order chi connectivity index (χ1) is 24.0. The molecule has 0 aliphatic heterocycles. The molecule has 0 saturated heterocycles. The van der Waals surface area contributed by atoms with Crippen LogP contribution in [0.2, 0.25) is 0 Å². The molecule has 0 aliphatic rings. The molecule has 0 N–H and O–H groups in total. The Kier molecular flexibility index (Phi) is 32.3. The number of hydrogen-bond acceptors (Lipinski definition) is 8. The van der Waals surface area contributed by atoms with Crippen molar-refractivity contribution in [1.82, 2.24) is 0 Å². The van der Waals surface area contributed by atoms with Gasteiger partial charge in [-0.25, -0.2) is 0 Å². The van der Waals surface area contributed by atoms with E-state index in [0.717, 1.165) is 51.4 Å². The third-order valence-corrected chi connectivity index (χ3v) is 9.44. The molecule has 0 aromatic rings. The number of esters is 2. The van der Waals surface area contributed by atoms with Crippen molar-refractivity contribution >= 4 is 19.8 Å². The van der Waals surface area contributed by atoms with Crippen LogP contribution in [0.4, 0.5) is 0 Å². The Balaban J connectivity index is 4.35. The van der Waals surface area contributed by atoms with Crippen LogP contribution in [0, 0.1) is 0 Å². The van der Waals surface area contributed by atoms with Crippen LogP contribution in [0.5, 0.6) is 0 Å². The summed E-state index contributed by atoms with van der Waals surface area (Å²) < 4.78 is 33.7. The van der Waals surface area contributed by atoms with E-state index in [0.29, 0.717) is 17.4 Å². The van der Waals surface area contributed by atoms with Gasteiger partial charge in [-0.2, -0.15) is 0 Å². The van der Waals surface area contributed by atoms with Crippen molar-refractivity contribution < 1.29 is 42.1 Å². The predicted octanol–water partition coefficient (Wildman–Crippen LogP) is 10.2. The van der Waals surface area contributed by atoms with Gasteiger partial charge in [0.05, 0.1) is 27.7 Å². The van der Waals surface area contributed by atoms with Gasteiger partial charge in [0.25, 0.3) is 7.82 Å². The largest absolute Gasteiger partial charge is 0.756 e. The highest BCUT2D eigenvalue weighted by molar-refractivity contribution is 7.45.